The number of hydrogen-bond acceptors (Lipinski definition) is 3. The number of anilines is 1. The maximum absolute atomic E-state index is 12.6. The first-order valence-electron chi connectivity index (χ1n) is 7.38. The van der Waals surface area contributed by atoms with Crippen molar-refractivity contribution in [3.63, 3.8) is 0 Å². The molecule has 1 aromatic rings. The number of carbonyl (C=O) groups is 2. The number of fused-ring (bicyclic) bond motifs is 2. The fraction of sp³-hybridized carbons (Fsp3) is 0.500. The number of aliphatic carboxylic acids is 1. The Morgan fingerprint density at radius 3 is 2.59 bits per heavy atom. The number of carboxylic acids is 1. The highest BCUT2D eigenvalue weighted by atomic mass is 35.5. The smallest absolute Gasteiger partial charge is 0.307 e. The zero-order valence-electron chi connectivity index (χ0n) is 12.2. The number of carboxylic acid groups (broad SMARTS) is 1. The topological polar surface area (TPSA) is 75.6 Å². The average molecular weight is 324 g/mol. The molecule has 0 aromatic heterocycles. The molecule has 0 unspecified atom stereocenters. The van der Waals surface area contributed by atoms with Gasteiger partial charge in [-0.05, 0) is 49.3 Å². The molecule has 1 amide bonds. The number of halogens is 1. The summed E-state index contributed by atoms with van der Waals surface area (Å²) in [5, 5.41) is 12.7. The highest BCUT2D eigenvalue weighted by Crippen LogP contribution is 2.52. The van der Waals surface area contributed by atoms with Gasteiger partial charge in [0.15, 0.2) is 0 Å². The predicted octanol–water partition coefficient (Wildman–Crippen LogP) is 3.03. The molecule has 2 saturated carbocycles. The van der Waals surface area contributed by atoms with Crippen LogP contribution in [-0.2, 0) is 9.59 Å². The van der Waals surface area contributed by atoms with E-state index in [-0.39, 0.29) is 17.7 Å². The normalized spacial score (nSPS) is 29.4. The van der Waals surface area contributed by atoms with Crippen molar-refractivity contribution in [2.24, 2.45) is 23.7 Å². The number of carbonyl (C=O) groups excluding carboxylic acids is 1. The number of rotatable bonds is 4. The van der Waals surface area contributed by atoms with Crippen LogP contribution in [0.2, 0.25) is 5.02 Å². The second kappa shape index (κ2) is 5.80. The summed E-state index contributed by atoms with van der Waals surface area (Å²) in [5.74, 6) is -1.38. The summed E-state index contributed by atoms with van der Waals surface area (Å²) in [6.45, 7) is 0. The van der Waals surface area contributed by atoms with Gasteiger partial charge in [-0.1, -0.05) is 11.6 Å². The van der Waals surface area contributed by atoms with E-state index in [0.29, 0.717) is 16.5 Å². The van der Waals surface area contributed by atoms with Crippen LogP contribution in [0.15, 0.2) is 18.2 Å². The first-order valence-corrected chi connectivity index (χ1v) is 7.76. The summed E-state index contributed by atoms with van der Waals surface area (Å²) >= 11 is 5.96. The molecular formula is C16H18ClNO4. The first-order chi connectivity index (χ1) is 10.5. The molecule has 0 aliphatic heterocycles. The van der Waals surface area contributed by atoms with Gasteiger partial charge in [0.2, 0.25) is 5.91 Å². The first kappa shape index (κ1) is 15.2. The molecule has 2 fully saturated rings. The zero-order valence-corrected chi connectivity index (χ0v) is 13.0. The average Bonchev–Trinajstić information content (AvgIpc) is 3.08. The quantitative estimate of drug-likeness (QED) is 0.893. The monoisotopic (exact) mass is 323 g/mol. The number of ether oxygens (including phenoxy) is 1. The van der Waals surface area contributed by atoms with Gasteiger partial charge < -0.3 is 15.2 Å². The van der Waals surface area contributed by atoms with Crippen molar-refractivity contribution in [1.82, 2.24) is 0 Å². The SMILES string of the molecule is COc1ccc(Cl)cc1NC(=O)[C@H]1[C@H]2CC[C@@H](C2)[C@@H]1C(=O)O. The number of hydrogen-bond donors (Lipinski definition) is 2. The number of benzene rings is 1. The highest BCUT2D eigenvalue weighted by Gasteiger charge is 2.54. The van der Waals surface area contributed by atoms with Gasteiger partial charge in [0.25, 0.3) is 0 Å². The van der Waals surface area contributed by atoms with Gasteiger partial charge in [-0.2, -0.15) is 0 Å². The third-order valence-electron chi connectivity index (χ3n) is 4.92. The van der Waals surface area contributed by atoms with Crippen molar-refractivity contribution in [2.75, 3.05) is 12.4 Å². The molecular weight excluding hydrogens is 306 g/mol. The maximum Gasteiger partial charge on any atom is 0.307 e. The lowest BCUT2D eigenvalue weighted by Crippen LogP contribution is -2.37. The van der Waals surface area contributed by atoms with Crippen molar-refractivity contribution in [2.45, 2.75) is 19.3 Å². The van der Waals surface area contributed by atoms with Crippen LogP contribution >= 0.6 is 11.6 Å². The van der Waals surface area contributed by atoms with Crippen LogP contribution in [-0.4, -0.2) is 24.1 Å². The van der Waals surface area contributed by atoms with Crippen molar-refractivity contribution < 1.29 is 19.4 Å². The minimum Gasteiger partial charge on any atom is -0.495 e. The van der Waals surface area contributed by atoms with Gasteiger partial charge in [0.05, 0.1) is 24.6 Å². The molecule has 1 aromatic carbocycles. The molecule has 6 heteroatoms. The standard InChI is InChI=1S/C16H18ClNO4/c1-22-12-5-4-10(17)7-11(12)18-15(19)13-8-2-3-9(6-8)14(13)16(20)21/h4-5,7-9,13-14H,2-3,6H2,1H3,(H,18,19)(H,20,21)/t8-,9-,13-,14-/m0/s1. The number of amides is 1. The Morgan fingerprint density at radius 1 is 1.27 bits per heavy atom. The van der Waals surface area contributed by atoms with Gasteiger partial charge in [0.1, 0.15) is 5.75 Å². The lowest BCUT2D eigenvalue weighted by atomic mass is 9.78. The molecule has 2 aliphatic rings. The Bertz CT molecular complexity index is 618. The number of methoxy groups -OCH3 is 1. The minimum absolute atomic E-state index is 0.125. The van der Waals surface area contributed by atoms with Crippen LogP contribution < -0.4 is 10.1 Å². The molecule has 0 heterocycles. The molecule has 2 aliphatic carbocycles. The van der Waals surface area contributed by atoms with Crippen LogP contribution in [0.1, 0.15) is 19.3 Å². The lowest BCUT2D eigenvalue weighted by molar-refractivity contribution is -0.148. The van der Waals surface area contributed by atoms with Crippen LogP contribution in [0.4, 0.5) is 5.69 Å². The van der Waals surface area contributed by atoms with Crippen LogP contribution in [0, 0.1) is 23.7 Å². The van der Waals surface area contributed by atoms with Gasteiger partial charge in [-0.25, -0.2) is 0 Å². The van der Waals surface area contributed by atoms with E-state index >= 15 is 0 Å². The number of nitrogens with one attached hydrogen (secondary N) is 1. The Balaban J connectivity index is 1.82. The third-order valence-corrected chi connectivity index (χ3v) is 5.16. The Hall–Kier alpha value is -1.75. The second-order valence-corrected chi connectivity index (χ2v) is 6.49. The Morgan fingerprint density at radius 2 is 1.95 bits per heavy atom. The largest absolute Gasteiger partial charge is 0.495 e. The van der Waals surface area contributed by atoms with Crippen LogP contribution in [0.25, 0.3) is 0 Å². The Kier molecular flexibility index (Phi) is 4.00. The molecule has 0 spiro atoms. The van der Waals surface area contributed by atoms with E-state index in [1.807, 2.05) is 0 Å². The molecule has 2 N–H and O–H groups in total. The summed E-state index contributed by atoms with van der Waals surface area (Å²) in [6, 6.07) is 4.96. The van der Waals surface area contributed by atoms with Crippen molar-refractivity contribution >= 4 is 29.2 Å². The summed E-state index contributed by atoms with van der Waals surface area (Å²) < 4.78 is 5.21. The molecule has 0 saturated heterocycles. The van der Waals surface area contributed by atoms with E-state index in [4.69, 9.17) is 16.3 Å². The van der Waals surface area contributed by atoms with E-state index in [2.05, 4.69) is 5.32 Å². The summed E-state index contributed by atoms with van der Waals surface area (Å²) in [4.78, 5) is 24.1. The summed E-state index contributed by atoms with van der Waals surface area (Å²) in [5.41, 5.74) is 0.479. The molecule has 22 heavy (non-hydrogen) atoms. The van der Waals surface area contributed by atoms with Gasteiger partial charge in [0, 0.05) is 5.02 Å². The molecule has 2 bridgehead atoms. The fourth-order valence-corrected chi connectivity index (χ4v) is 4.19. The molecule has 3 rings (SSSR count). The van der Waals surface area contributed by atoms with Gasteiger partial charge in [-0.3, -0.25) is 9.59 Å². The molecule has 0 radical (unpaired) electrons. The Labute approximate surface area is 133 Å². The van der Waals surface area contributed by atoms with Crippen LogP contribution in [0.3, 0.4) is 0 Å². The van der Waals surface area contributed by atoms with E-state index in [0.717, 1.165) is 19.3 Å². The summed E-state index contributed by atoms with van der Waals surface area (Å²) in [7, 11) is 1.51. The third kappa shape index (κ3) is 2.54. The van der Waals surface area contributed by atoms with Gasteiger partial charge >= 0.3 is 5.97 Å². The van der Waals surface area contributed by atoms with Crippen molar-refractivity contribution in [3.05, 3.63) is 23.2 Å². The second-order valence-electron chi connectivity index (χ2n) is 6.06. The summed E-state index contributed by atoms with van der Waals surface area (Å²) in [6.07, 6.45) is 2.67. The van der Waals surface area contributed by atoms with Crippen molar-refractivity contribution in [3.8, 4) is 5.75 Å². The zero-order chi connectivity index (χ0) is 15.9. The van der Waals surface area contributed by atoms with Crippen LogP contribution in [0.5, 0.6) is 5.75 Å². The molecule has 5 nitrogen and oxygen atoms in total. The maximum atomic E-state index is 12.6. The van der Waals surface area contributed by atoms with E-state index in [1.165, 1.54) is 7.11 Å². The molecule has 4 atom stereocenters. The fourth-order valence-electron chi connectivity index (χ4n) is 4.02. The lowest BCUT2D eigenvalue weighted by Gasteiger charge is -2.27. The van der Waals surface area contributed by atoms with E-state index in [1.54, 1.807) is 18.2 Å². The van der Waals surface area contributed by atoms with Crippen molar-refractivity contribution in [1.29, 1.82) is 0 Å². The van der Waals surface area contributed by atoms with E-state index in [9.17, 15) is 14.7 Å². The van der Waals surface area contributed by atoms with E-state index < -0.39 is 17.8 Å². The van der Waals surface area contributed by atoms with Gasteiger partial charge in [-0.15, -0.1) is 0 Å². The predicted molar refractivity (Wildman–Crippen MR) is 82.1 cm³/mol. The molecule has 118 valence electrons. The highest BCUT2D eigenvalue weighted by molar-refractivity contribution is 6.31. The minimum atomic E-state index is -0.870.